The number of nitrogens with two attached hydrogens (primary N) is 1. The lowest BCUT2D eigenvalue weighted by Crippen LogP contribution is -2.26. The Balaban J connectivity index is 1.75. The molecule has 0 saturated heterocycles. The van der Waals surface area contributed by atoms with Gasteiger partial charge in [0, 0.05) is 17.8 Å². The lowest BCUT2D eigenvalue weighted by Gasteiger charge is -2.11. The molecule has 1 aliphatic rings. The number of nitrogens with one attached hydrogen (secondary N) is 3. The minimum absolute atomic E-state index is 0.0411. The van der Waals surface area contributed by atoms with Crippen LogP contribution >= 0.6 is 0 Å². The lowest BCUT2D eigenvalue weighted by atomic mass is 10.1. The summed E-state index contributed by atoms with van der Waals surface area (Å²) in [5.41, 5.74) is 5.57. The fourth-order valence-corrected chi connectivity index (χ4v) is 2.78. The summed E-state index contributed by atoms with van der Waals surface area (Å²) in [4.78, 5) is 36.7. The monoisotopic (exact) mass is 429 g/mol. The predicted molar refractivity (Wildman–Crippen MR) is 105 cm³/mol. The number of nitrogens with zero attached hydrogens (tertiary/aromatic N) is 1. The summed E-state index contributed by atoms with van der Waals surface area (Å²) < 4.78 is 32.3. The average Bonchev–Trinajstić information content (AvgIpc) is 3.10. The first kappa shape index (κ1) is 21.4. The van der Waals surface area contributed by atoms with E-state index in [-0.39, 0.29) is 29.1 Å². The highest BCUT2D eigenvalue weighted by Crippen LogP contribution is 2.19. The largest absolute Gasteiger partial charge is 0.465 e. The highest BCUT2D eigenvalue weighted by atomic mass is 19.1. The van der Waals surface area contributed by atoms with Crippen LogP contribution in [0.2, 0.25) is 0 Å². The van der Waals surface area contributed by atoms with Crippen molar-refractivity contribution in [2.24, 2.45) is 5.73 Å². The summed E-state index contributed by atoms with van der Waals surface area (Å²) >= 11 is 0. The van der Waals surface area contributed by atoms with E-state index < -0.39 is 35.0 Å². The third kappa shape index (κ3) is 4.66. The molecule has 1 heterocycles. The van der Waals surface area contributed by atoms with E-state index in [0.717, 1.165) is 24.4 Å². The van der Waals surface area contributed by atoms with E-state index in [1.807, 2.05) is 0 Å². The Morgan fingerprint density at radius 2 is 1.87 bits per heavy atom. The predicted octanol–water partition coefficient (Wildman–Crippen LogP) is 1.90. The zero-order chi connectivity index (χ0) is 22.5. The number of rotatable bonds is 5. The first-order valence-corrected chi connectivity index (χ1v) is 8.86. The van der Waals surface area contributed by atoms with Crippen molar-refractivity contribution in [3.05, 3.63) is 82.5 Å². The standard InChI is InChI=1S/C20H17F2N5O4/c1-31-20(30)11-5-2-4-10(8-14(11)23)25-19(29)17-15(9-24-27-17)26-18(28)16-12(21)6-3-7-13(16)22/h2-7,9H,8,23H2,1H3,(H,24,27)(H,25,29)(H,26,28). The van der Waals surface area contributed by atoms with Gasteiger partial charge in [0.15, 0.2) is 0 Å². The molecule has 160 valence electrons. The molecule has 3 rings (SSSR count). The van der Waals surface area contributed by atoms with Gasteiger partial charge in [-0.3, -0.25) is 14.7 Å². The van der Waals surface area contributed by atoms with Crippen LogP contribution in [0.1, 0.15) is 27.3 Å². The second-order valence-corrected chi connectivity index (χ2v) is 6.32. The van der Waals surface area contributed by atoms with E-state index in [2.05, 4.69) is 25.6 Å². The van der Waals surface area contributed by atoms with E-state index in [1.54, 1.807) is 0 Å². The maximum Gasteiger partial charge on any atom is 0.339 e. The molecule has 1 aromatic carbocycles. The summed E-state index contributed by atoms with van der Waals surface area (Å²) in [5, 5.41) is 10.9. The van der Waals surface area contributed by atoms with Crippen LogP contribution in [0.3, 0.4) is 0 Å². The number of hydrogen-bond acceptors (Lipinski definition) is 6. The van der Waals surface area contributed by atoms with Crippen molar-refractivity contribution in [2.75, 3.05) is 12.4 Å². The number of halogens is 2. The molecule has 9 nitrogen and oxygen atoms in total. The van der Waals surface area contributed by atoms with Gasteiger partial charge >= 0.3 is 5.97 Å². The average molecular weight is 429 g/mol. The topological polar surface area (TPSA) is 139 Å². The summed E-state index contributed by atoms with van der Waals surface area (Å²) in [5.74, 6) is -4.50. The Hall–Kier alpha value is -4.28. The molecule has 0 saturated carbocycles. The maximum absolute atomic E-state index is 13.8. The first-order chi connectivity index (χ1) is 14.8. The number of benzene rings is 1. The molecule has 0 aliphatic heterocycles. The van der Waals surface area contributed by atoms with Gasteiger partial charge in [0.1, 0.15) is 22.9 Å². The number of aromatic amines is 1. The van der Waals surface area contributed by atoms with Crippen LogP contribution in [0.15, 0.2) is 59.6 Å². The Morgan fingerprint density at radius 3 is 2.55 bits per heavy atom. The van der Waals surface area contributed by atoms with Crippen molar-refractivity contribution in [1.82, 2.24) is 15.5 Å². The third-order valence-electron chi connectivity index (χ3n) is 4.27. The van der Waals surface area contributed by atoms with Gasteiger partial charge in [-0.25, -0.2) is 13.6 Å². The molecule has 5 N–H and O–H groups in total. The molecule has 0 spiro atoms. The van der Waals surface area contributed by atoms with Crippen molar-refractivity contribution >= 4 is 23.5 Å². The van der Waals surface area contributed by atoms with Gasteiger partial charge in [0.05, 0.1) is 24.6 Å². The number of allylic oxidation sites excluding steroid dienone is 2. The molecule has 2 aromatic rings. The maximum atomic E-state index is 13.8. The van der Waals surface area contributed by atoms with E-state index in [1.165, 1.54) is 25.3 Å². The van der Waals surface area contributed by atoms with E-state index in [0.29, 0.717) is 5.70 Å². The zero-order valence-electron chi connectivity index (χ0n) is 16.2. The van der Waals surface area contributed by atoms with Crippen LogP contribution in [0.25, 0.3) is 0 Å². The molecule has 0 unspecified atom stereocenters. The molecule has 0 fully saturated rings. The number of carbonyl (C=O) groups excluding carboxylic acids is 3. The molecule has 0 atom stereocenters. The molecule has 0 radical (unpaired) electrons. The minimum Gasteiger partial charge on any atom is -0.465 e. The molecule has 1 aromatic heterocycles. The van der Waals surface area contributed by atoms with Gasteiger partial charge in [-0.15, -0.1) is 0 Å². The number of aromatic nitrogens is 2. The van der Waals surface area contributed by atoms with Crippen LogP contribution in [-0.4, -0.2) is 35.1 Å². The summed E-state index contributed by atoms with van der Waals surface area (Å²) in [7, 11) is 1.22. The highest BCUT2D eigenvalue weighted by Gasteiger charge is 2.22. The van der Waals surface area contributed by atoms with E-state index >= 15 is 0 Å². The fourth-order valence-electron chi connectivity index (χ4n) is 2.78. The number of amides is 2. The Kier molecular flexibility index (Phi) is 6.24. The molecule has 2 amide bonds. The van der Waals surface area contributed by atoms with Crippen LogP contribution in [0.5, 0.6) is 0 Å². The van der Waals surface area contributed by atoms with E-state index in [9.17, 15) is 23.2 Å². The van der Waals surface area contributed by atoms with Gasteiger partial charge in [-0.2, -0.15) is 5.10 Å². The number of anilines is 1. The van der Waals surface area contributed by atoms with Crippen LogP contribution in [0.4, 0.5) is 14.5 Å². The SMILES string of the molecule is COC(=O)C1=C(N)CC(NC(=O)c2[nH]ncc2NC(=O)c2c(F)cccc2F)=CC=C1. The molecule has 0 bridgehead atoms. The van der Waals surface area contributed by atoms with Crippen LogP contribution in [-0.2, 0) is 9.53 Å². The normalized spacial score (nSPS) is 13.3. The second-order valence-electron chi connectivity index (χ2n) is 6.32. The Morgan fingerprint density at radius 1 is 1.16 bits per heavy atom. The summed E-state index contributed by atoms with van der Waals surface area (Å²) in [6.45, 7) is 0. The Labute approximate surface area is 174 Å². The summed E-state index contributed by atoms with van der Waals surface area (Å²) in [6, 6.07) is 3.00. The van der Waals surface area contributed by atoms with Crippen molar-refractivity contribution < 1.29 is 27.9 Å². The van der Waals surface area contributed by atoms with Gasteiger partial charge in [0.2, 0.25) is 0 Å². The van der Waals surface area contributed by atoms with Crippen molar-refractivity contribution in [1.29, 1.82) is 0 Å². The minimum atomic E-state index is -1.09. The second kappa shape index (κ2) is 9.03. The fraction of sp³-hybridized carbons (Fsp3) is 0.100. The van der Waals surface area contributed by atoms with E-state index in [4.69, 9.17) is 5.73 Å². The van der Waals surface area contributed by atoms with Gasteiger partial charge in [-0.1, -0.05) is 12.1 Å². The quantitative estimate of drug-likeness (QED) is 0.536. The zero-order valence-corrected chi connectivity index (χ0v) is 16.2. The first-order valence-electron chi connectivity index (χ1n) is 8.86. The van der Waals surface area contributed by atoms with Crippen LogP contribution < -0.4 is 16.4 Å². The van der Waals surface area contributed by atoms with Crippen molar-refractivity contribution in [3.8, 4) is 0 Å². The lowest BCUT2D eigenvalue weighted by molar-refractivity contribution is -0.135. The van der Waals surface area contributed by atoms with Gasteiger partial charge in [0.25, 0.3) is 11.8 Å². The van der Waals surface area contributed by atoms with Gasteiger partial charge in [-0.05, 0) is 24.3 Å². The number of ether oxygens (including phenoxy) is 1. The molecular formula is C20H17F2N5O4. The number of methoxy groups -OCH3 is 1. The smallest absolute Gasteiger partial charge is 0.339 e. The number of carbonyl (C=O) groups is 3. The van der Waals surface area contributed by atoms with Crippen molar-refractivity contribution in [3.63, 3.8) is 0 Å². The number of H-pyrrole nitrogens is 1. The summed E-state index contributed by atoms with van der Waals surface area (Å²) in [6.07, 6.45) is 5.66. The van der Waals surface area contributed by atoms with Crippen molar-refractivity contribution in [2.45, 2.75) is 6.42 Å². The number of hydrogen-bond donors (Lipinski definition) is 4. The number of esters is 1. The Bertz CT molecular complexity index is 1130. The molecular weight excluding hydrogens is 412 g/mol. The van der Waals surface area contributed by atoms with Gasteiger partial charge < -0.3 is 21.1 Å². The highest BCUT2D eigenvalue weighted by molar-refractivity contribution is 6.08. The molecule has 31 heavy (non-hydrogen) atoms. The molecule has 1 aliphatic carbocycles. The molecule has 11 heteroatoms. The van der Waals surface area contributed by atoms with Crippen LogP contribution in [0, 0.1) is 11.6 Å². The third-order valence-corrected chi connectivity index (χ3v) is 4.27.